The molecule has 0 spiro atoms. The van der Waals surface area contributed by atoms with Gasteiger partial charge in [-0.2, -0.15) is 11.8 Å². The predicted octanol–water partition coefficient (Wildman–Crippen LogP) is 0.856. The van der Waals surface area contributed by atoms with Crippen LogP contribution in [0.25, 0.3) is 0 Å². The lowest BCUT2D eigenvalue weighted by Crippen LogP contribution is -2.40. The van der Waals surface area contributed by atoms with E-state index in [9.17, 15) is 9.59 Å². The Balaban J connectivity index is 2.15. The maximum Gasteiger partial charge on any atom is 0.317 e. The Labute approximate surface area is 99.6 Å². The topological polar surface area (TPSA) is 69.6 Å². The zero-order valence-electron chi connectivity index (χ0n) is 9.44. The summed E-state index contributed by atoms with van der Waals surface area (Å²) in [6, 6.07) is -0.182. The highest BCUT2D eigenvalue weighted by atomic mass is 32.2. The van der Waals surface area contributed by atoms with Gasteiger partial charge in [0.25, 0.3) is 0 Å². The van der Waals surface area contributed by atoms with Crippen molar-refractivity contribution in [2.24, 2.45) is 5.92 Å². The van der Waals surface area contributed by atoms with Crippen LogP contribution in [0.15, 0.2) is 0 Å². The summed E-state index contributed by atoms with van der Waals surface area (Å²) < 4.78 is 0. The monoisotopic (exact) mass is 246 g/mol. The summed E-state index contributed by atoms with van der Waals surface area (Å²) in [7, 11) is 1.61. The molecule has 1 atom stereocenters. The molecule has 1 unspecified atom stereocenters. The van der Waals surface area contributed by atoms with Gasteiger partial charge in [-0.25, -0.2) is 4.79 Å². The largest absolute Gasteiger partial charge is 0.481 e. The van der Waals surface area contributed by atoms with Crippen molar-refractivity contribution in [2.75, 3.05) is 31.6 Å². The lowest BCUT2D eigenvalue weighted by molar-refractivity contribution is -0.137. The van der Waals surface area contributed by atoms with E-state index < -0.39 is 5.97 Å². The van der Waals surface area contributed by atoms with E-state index in [2.05, 4.69) is 5.32 Å². The van der Waals surface area contributed by atoms with Crippen LogP contribution in [0.3, 0.4) is 0 Å². The van der Waals surface area contributed by atoms with Crippen LogP contribution in [-0.4, -0.2) is 53.6 Å². The number of nitrogens with one attached hydrogen (secondary N) is 1. The molecule has 6 heteroatoms. The molecule has 16 heavy (non-hydrogen) atoms. The molecule has 0 bridgehead atoms. The first-order valence-corrected chi connectivity index (χ1v) is 6.53. The van der Waals surface area contributed by atoms with Crippen molar-refractivity contribution in [1.29, 1.82) is 0 Å². The molecular weight excluding hydrogens is 228 g/mol. The fourth-order valence-corrected chi connectivity index (χ4v) is 2.76. The highest BCUT2D eigenvalue weighted by Gasteiger charge is 2.17. The van der Waals surface area contributed by atoms with Gasteiger partial charge in [-0.3, -0.25) is 4.79 Å². The minimum atomic E-state index is -0.883. The molecule has 0 radical (unpaired) electrons. The Kier molecular flexibility index (Phi) is 5.45. The fourth-order valence-electron chi connectivity index (χ4n) is 1.48. The average molecular weight is 246 g/mol. The number of carboxylic acid groups (broad SMARTS) is 1. The predicted molar refractivity (Wildman–Crippen MR) is 63.7 cm³/mol. The molecule has 1 heterocycles. The van der Waals surface area contributed by atoms with Crippen molar-refractivity contribution in [1.82, 2.24) is 10.2 Å². The van der Waals surface area contributed by atoms with Crippen LogP contribution in [0.4, 0.5) is 4.79 Å². The van der Waals surface area contributed by atoms with E-state index in [-0.39, 0.29) is 19.0 Å². The molecule has 1 saturated heterocycles. The third-order valence-corrected chi connectivity index (χ3v) is 3.81. The van der Waals surface area contributed by atoms with E-state index in [0.717, 1.165) is 12.2 Å². The standard InChI is InChI=1S/C10H18N2O3S/c1-12(4-2-9(13)14)10(15)11-6-8-3-5-16-7-8/h8H,2-7H2,1H3,(H,11,15)(H,13,14). The smallest absolute Gasteiger partial charge is 0.317 e. The lowest BCUT2D eigenvalue weighted by Gasteiger charge is -2.18. The maximum absolute atomic E-state index is 11.5. The van der Waals surface area contributed by atoms with E-state index in [1.807, 2.05) is 11.8 Å². The average Bonchev–Trinajstić information content (AvgIpc) is 2.75. The van der Waals surface area contributed by atoms with Crippen LogP contribution in [0.2, 0.25) is 0 Å². The molecule has 0 aliphatic carbocycles. The van der Waals surface area contributed by atoms with Crippen LogP contribution in [-0.2, 0) is 4.79 Å². The van der Waals surface area contributed by atoms with Crippen molar-refractivity contribution in [3.05, 3.63) is 0 Å². The molecule has 92 valence electrons. The van der Waals surface area contributed by atoms with E-state index in [0.29, 0.717) is 12.5 Å². The number of carbonyl (C=O) groups is 2. The van der Waals surface area contributed by atoms with Crippen molar-refractivity contribution < 1.29 is 14.7 Å². The second kappa shape index (κ2) is 6.62. The Morgan fingerprint density at radius 2 is 2.31 bits per heavy atom. The normalized spacial score (nSPS) is 19.4. The Hall–Kier alpha value is -0.910. The molecule has 0 saturated carbocycles. The van der Waals surface area contributed by atoms with Crippen molar-refractivity contribution >= 4 is 23.8 Å². The number of amides is 2. The Bertz CT molecular complexity index is 254. The number of hydrogen-bond acceptors (Lipinski definition) is 3. The van der Waals surface area contributed by atoms with Gasteiger partial charge >= 0.3 is 12.0 Å². The fraction of sp³-hybridized carbons (Fsp3) is 0.800. The van der Waals surface area contributed by atoms with Crippen molar-refractivity contribution in [2.45, 2.75) is 12.8 Å². The summed E-state index contributed by atoms with van der Waals surface area (Å²) in [5.41, 5.74) is 0. The second-order valence-electron chi connectivity index (χ2n) is 3.98. The van der Waals surface area contributed by atoms with Gasteiger partial charge in [0.2, 0.25) is 0 Å². The third-order valence-electron chi connectivity index (χ3n) is 2.57. The van der Waals surface area contributed by atoms with Crippen LogP contribution >= 0.6 is 11.8 Å². The van der Waals surface area contributed by atoms with Crippen LogP contribution in [0.1, 0.15) is 12.8 Å². The molecule has 1 fully saturated rings. The number of hydrogen-bond donors (Lipinski definition) is 2. The SMILES string of the molecule is CN(CCC(=O)O)C(=O)NCC1CCSC1. The van der Waals surface area contributed by atoms with Gasteiger partial charge in [-0.15, -0.1) is 0 Å². The molecule has 0 aromatic rings. The van der Waals surface area contributed by atoms with Crippen molar-refractivity contribution in [3.8, 4) is 0 Å². The summed E-state index contributed by atoms with van der Waals surface area (Å²) >= 11 is 1.91. The molecule has 2 N–H and O–H groups in total. The van der Waals surface area contributed by atoms with Crippen LogP contribution < -0.4 is 5.32 Å². The van der Waals surface area contributed by atoms with E-state index in [1.165, 1.54) is 10.7 Å². The highest BCUT2D eigenvalue weighted by molar-refractivity contribution is 7.99. The van der Waals surface area contributed by atoms with Gasteiger partial charge in [-0.05, 0) is 23.8 Å². The summed E-state index contributed by atoms with van der Waals surface area (Å²) in [4.78, 5) is 23.3. The first-order valence-electron chi connectivity index (χ1n) is 5.38. The van der Waals surface area contributed by atoms with Gasteiger partial charge in [0.15, 0.2) is 0 Å². The van der Waals surface area contributed by atoms with Crippen molar-refractivity contribution in [3.63, 3.8) is 0 Å². The number of aliphatic carboxylic acids is 1. The molecule has 5 nitrogen and oxygen atoms in total. The summed E-state index contributed by atoms with van der Waals surface area (Å²) in [5.74, 6) is 1.97. The molecule has 2 amide bonds. The minimum Gasteiger partial charge on any atom is -0.481 e. The molecule has 0 aromatic carbocycles. The first kappa shape index (κ1) is 13.2. The second-order valence-corrected chi connectivity index (χ2v) is 5.13. The van der Waals surface area contributed by atoms with Gasteiger partial charge in [0.1, 0.15) is 0 Å². The molecule has 0 aromatic heterocycles. The van der Waals surface area contributed by atoms with Gasteiger partial charge in [0, 0.05) is 20.1 Å². The molecule has 1 rings (SSSR count). The zero-order valence-corrected chi connectivity index (χ0v) is 10.3. The summed E-state index contributed by atoms with van der Waals surface area (Å²) in [5, 5.41) is 11.3. The minimum absolute atomic E-state index is 0.0107. The van der Waals surface area contributed by atoms with Crippen LogP contribution in [0.5, 0.6) is 0 Å². The lowest BCUT2D eigenvalue weighted by atomic mass is 10.1. The Morgan fingerprint density at radius 1 is 1.56 bits per heavy atom. The molecule has 1 aliphatic heterocycles. The van der Waals surface area contributed by atoms with Gasteiger partial charge in [-0.1, -0.05) is 0 Å². The van der Waals surface area contributed by atoms with E-state index in [1.54, 1.807) is 7.05 Å². The zero-order chi connectivity index (χ0) is 12.0. The summed E-state index contributed by atoms with van der Waals surface area (Å²) in [6.45, 7) is 0.948. The third kappa shape index (κ3) is 4.74. The number of rotatable bonds is 5. The molecule has 1 aliphatic rings. The van der Waals surface area contributed by atoms with Gasteiger partial charge < -0.3 is 15.3 Å². The number of carbonyl (C=O) groups excluding carboxylic acids is 1. The molecular formula is C10H18N2O3S. The number of thioether (sulfide) groups is 1. The summed E-state index contributed by atoms with van der Waals surface area (Å²) in [6.07, 6.45) is 1.15. The number of carboxylic acids is 1. The number of urea groups is 1. The van der Waals surface area contributed by atoms with Gasteiger partial charge in [0.05, 0.1) is 6.42 Å². The number of nitrogens with zero attached hydrogens (tertiary/aromatic N) is 1. The van der Waals surface area contributed by atoms with E-state index >= 15 is 0 Å². The van der Waals surface area contributed by atoms with Crippen LogP contribution in [0, 0.1) is 5.92 Å². The maximum atomic E-state index is 11.5. The van der Waals surface area contributed by atoms with E-state index in [4.69, 9.17) is 5.11 Å². The first-order chi connectivity index (χ1) is 7.59. The quantitative estimate of drug-likeness (QED) is 0.754. The highest BCUT2D eigenvalue weighted by Crippen LogP contribution is 2.22. The Morgan fingerprint density at radius 3 is 2.88 bits per heavy atom.